The van der Waals surface area contributed by atoms with Gasteiger partial charge in [-0.25, -0.2) is 0 Å². The third-order valence-corrected chi connectivity index (χ3v) is 3.22. The summed E-state index contributed by atoms with van der Waals surface area (Å²) in [5, 5.41) is 2.51. The number of aromatic nitrogens is 1. The lowest BCUT2D eigenvalue weighted by Crippen LogP contribution is -2.90. The summed E-state index contributed by atoms with van der Waals surface area (Å²) in [4.78, 5) is 4.44. The van der Waals surface area contributed by atoms with Gasteiger partial charge in [-0.3, -0.25) is 4.98 Å². The number of nitrogens with zero attached hydrogens (tertiary/aromatic N) is 1. The van der Waals surface area contributed by atoms with Crippen LogP contribution >= 0.6 is 0 Å². The van der Waals surface area contributed by atoms with E-state index >= 15 is 0 Å². The number of hydrogen-bond donors (Lipinski definition) is 1. The van der Waals surface area contributed by atoms with Crippen molar-refractivity contribution >= 4 is 0 Å². The van der Waals surface area contributed by atoms with Gasteiger partial charge in [-0.05, 0) is 50.3 Å². The summed E-state index contributed by atoms with van der Waals surface area (Å²) in [5.41, 5.74) is 2.59. The number of nitrogens with two attached hydrogens (primary N) is 1. The molecule has 15 heavy (non-hydrogen) atoms. The predicted octanol–water partition coefficient (Wildman–Crippen LogP) is 1.44. The summed E-state index contributed by atoms with van der Waals surface area (Å²) in [6.45, 7) is 3.44. The van der Waals surface area contributed by atoms with Crippen LogP contribution in [0.1, 0.15) is 36.9 Å². The summed E-state index contributed by atoms with van der Waals surface area (Å²) in [6.07, 6.45) is 8.62. The van der Waals surface area contributed by atoms with Gasteiger partial charge in [0.2, 0.25) is 0 Å². The molecule has 82 valence electrons. The standard InChI is InChI=1S/C13H20N2/c1-11-6-8-15-13(9-11)10-12-5-3-2-4-7-14-12/h6,8-9,12,14H,2-5,7,10H2,1H3/p+1/t12-/m0/s1. The van der Waals surface area contributed by atoms with Crippen molar-refractivity contribution in [2.24, 2.45) is 0 Å². The topological polar surface area (TPSA) is 29.5 Å². The molecule has 2 heterocycles. The highest BCUT2D eigenvalue weighted by Gasteiger charge is 2.15. The molecule has 2 N–H and O–H groups in total. The van der Waals surface area contributed by atoms with Crippen LogP contribution in [0.3, 0.4) is 0 Å². The van der Waals surface area contributed by atoms with Crippen molar-refractivity contribution in [1.29, 1.82) is 0 Å². The highest BCUT2D eigenvalue weighted by Crippen LogP contribution is 2.09. The first-order valence-corrected chi connectivity index (χ1v) is 6.09. The largest absolute Gasteiger partial charge is 0.343 e. The molecule has 1 aromatic rings. The van der Waals surface area contributed by atoms with E-state index in [0.717, 1.165) is 12.5 Å². The van der Waals surface area contributed by atoms with Gasteiger partial charge in [0.05, 0.1) is 12.6 Å². The van der Waals surface area contributed by atoms with Gasteiger partial charge in [-0.15, -0.1) is 0 Å². The van der Waals surface area contributed by atoms with Crippen molar-refractivity contribution in [3.05, 3.63) is 29.6 Å². The lowest BCUT2D eigenvalue weighted by molar-refractivity contribution is -0.687. The van der Waals surface area contributed by atoms with Gasteiger partial charge in [-0.1, -0.05) is 0 Å². The Morgan fingerprint density at radius 1 is 1.40 bits per heavy atom. The number of pyridine rings is 1. The highest BCUT2D eigenvalue weighted by atomic mass is 14.9. The van der Waals surface area contributed by atoms with Gasteiger partial charge in [0.15, 0.2) is 0 Å². The minimum atomic E-state index is 0.766. The van der Waals surface area contributed by atoms with E-state index in [1.165, 1.54) is 43.5 Å². The fraction of sp³-hybridized carbons (Fsp3) is 0.615. The van der Waals surface area contributed by atoms with Crippen molar-refractivity contribution in [3.63, 3.8) is 0 Å². The third kappa shape index (κ3) is 3.31. The molecule has 2 heteroatoms. The Balaban J connectivity index is 1.95. The smallest absolute Gasteiger partial charge is 0.0915 e. The molecule has 0 saturated carbocycles. The Morgan fingerprint density at radius 3 is 3.20 bits per heavy atom. The zero-order chi connectivity index (χ0) is 10.5. The van der Waals surface area contributed by atoms with E-state index in [-0.39, 0.29) is 0 Å². The molecular formula is C13H21N2+. The first-order valence-electron chi connectivity index (χ1n) is 6.09. The van der Waals surface area contributed by atoms with E-state index in [9.17, 15) is 0 Å². The highest BCUT2D eigenvalue weighted by molar-refractivity contribution is 5.14. The number of hydrogen-bond acceptors (Lipinski definition) is 1. The Morgan fingerprint density at radius 2 is 2.33 bits per heavy atom. The zero-order valence-electron chi connectivity index (χ0n) is 9.58. The summed E-state index contributed by atoms with van der Waals surface area (Å²) in [6, 6.07) is 5.06. The lowest BCUT2D eigenvalue weighted by Gasteiger charge is -2.12. The molecule has 0 bridgehead atoms. The van der Waals surface area contributed by atoms with E-state index in [1.54, 1.807) is 0 Å². The van der Waals surface area contributed by atoms with Crippen molar-refractivity contribution < 1.29 is 5.32 Å². The van der Waals surface area contributed by atoms with E-state index in [1.807, 2.05) is 6.20 Å². The molecule has 0 spiro atoms. The second-order valence-corrected chi connectivity index (χ2v) is 4.66. The normalized spacial score (nSPS) is 22.3. The molecule has 1 saturated heterocycles. The Labute approximate surface area is 92.1 Å². The van der Waals surface area contributed by atoms with E-state index < -0.39 is 0 Å². The molecule has 0 amide bonds. The second-order valence-electron chi connectivity index (χ2n) is 4.66. The van der Waals surface area contributed by atoms with Crippen LogP contribution in [-0.2, 0) is 6.42 Å². The minimum Gasteiger partial charge on any atom is -0.343 e. The molecular weight excluding hydrogens is 184 g/mol. The first kappa shape index (κ1) is 10.6. The average Bonchev–Trinajstić information content (AvgIpc) is 2.46. The van der Waals surface area contributed by atoms with E-state index in [2.05, 4.69) is 29.4 Å². The van der Waals surface area contributed by atoms with E-state index in [0.29, 0.717) is 0 Å². The van der Waals surface area contributed by atoms with Gasteiger partial charge < -0.3 is 5.32 Å². The first-order chi connectivity index (χ1) is 7.34. The monoisotopic (exact) mass is 205 g/mol. The summed E-state index contributed by atoms with van der Waals surface area (Å²) >= 11 is 0. The number of quaternary nitrogens is 1. The molecule has 1 aromatic heterocycles. The molecule has 2 rings (SSSR count). The maximum absolute atomic E-state index is 4.44. The van der Waals surface area contributed by atoms with Gasteiger partial charge in [0.25, 0.3) is 0 Å². The molecule has 1 atom stereocenters. The SMILES string of the molecule is Cc1ccnc(C[C@@H]2CCCCC[NH2+]2)c1. The Hall–Kier alpha value is -0.890. The molecule has 1 fully saturated rings. The van der Waals surface area contributed by atoms with Crippen LogP contribution in [0.25, 0.3) is 0 Å². The fourth-order valence-electron chi connectivity index (χ4n) is 2.36. The predicted molar refractivity (Wildman–Crippen MR) is 61.7 cm³/mol. The molecule has 0 aliphatic carbocycles. The van der Waals surface area contributed by atoms with Crippen LogP contribution in [0.4, 0.5) is 0 Å². The van der Waals surface area contributed by atoms with Crippen LogP contribution in [0.2, 0.25) is 0 Å². The molecule has 0 aromatic carbocycles. The molecule has 0 radical (unpaired) electrons. The van der Waals surface area contributed by atoms with Crippen LogP contribution in [0.5, 0.6) is 0 Å². The average molecular weight is 205 g/mol. The zero-order valence-corrected chi connectivity index (χ0v) is 9.58. The summed E-state index contributed by atoms with van der Waals surface area (Å²) < 4.78 is 0. The van der Waals surface area contributed by atoms with E-state index in [4.69, 9.17) is 0 Å². The summed E-state index contributed by atoms with van der Waals surface area (Å²) in [5.74, 6) is 0. The van der Waals surface area contributed by atoms with Crippen LogP contribution < -0.4 is 5.32 Å². The molecule has 0 unspecified atom stereocenters. The lowest BCUT2D eigenvalue weighted by atomic mass is 10.0. The fourth-order valence-corrected chi connectivity index (χ4v) is 2.36. The van der Waals surface area contributed by atoms with Crippen LogP contribution in [0, 0.1) is 6.92 Å². The van der Waals surface area contributed by atoms with Crippen LogP contribution in [0.15, 0.2) is 18.3 Å². The summed E-state index contributed by atoms with van der Waals surface area (Å²) in [7, 11) is 0. The molecule has 2 nitrogen and oxygen atoms in total. The van der Waals surface area contributed by atoms with Crippen LogP contribution in [-0.4, -0.2) is 17.6 Å². The van der Waals surface area contributed by atoms with Gasteiger partial charge >= 0.3 is 0 Å². The minimum absolute atomic E-state index is 0.766. The Bertz CT molecular complexity index is 301. The second kappa shape index (κ2) is 5.26. The maximum Gasteiger partial charge on any atom is 0.0915 e. The molecule has 1 aliphatic heterocycles. The quantitative estimate of drug-likeness (QED) is 0.778. The number of aryl methyl sites for hydroxylation is 1. The Kier molecular flexibility index (Phi) is 3.73. The van der Waals surface area contributed by atoms with Gasteiger partial charge in [-0.2, -0.15) is 0 Å². The molecule has 1 aliphatic rings. The van der Waals surface area contributed by atoms with Crippen molar-refractivity contribution in [1.82, 2.24) is 4.98 Å². The van der Waals surface area contributed by atoms with Crippen molar-refractivity contribution in [2.75, 3.05) is 6.54 Å². The van der Waals surface area contributed by atoms with Gasteiger partial charge in [0, 0.05) is 18.3 Å². The maximum atomic E-state index is 4.44. The number of rotatable bonds is 2. The van der Waals surface area contributed by atoms with Gasteiger partial charge in [0.1, 0.15) is 0 Å². The van der Waals surface area contributed by atoms with Crippen molar-refractivity contribution in [2.45, 2.75) is 45.1 Å². The van der Waals surface area contributed by atoms with Crippen molar-refractivity contribution in [3.8, 4) is 0 Å². The third-order valence-electron chi connectivity index (χ3n) is 3.22.